The van der Waals surface area contributed by atoms with Gasteiger partial charge in [-0.15, -0.1) is 0 Å². The van der Waals surface area contributed by atoms with Gasteiger partial charge in [-0.1, -0.05) is 5.16 Å². The Bertz CT molecular complexity index is 315. The Morgan fingerprint density at radius 1 is 1.57 bits per heavy atom. The molecule has 78 valence electrons. The van der Waals surface area contributed by atoms with Crippen LogP contribution < -0.4 is 16.6 Å². The fourth-order valence-corrected chi connectivity index (χ4v) is 1.42. The summed E-state index contributed by atoms with van der Waals surface area (Å²) in [4.78, 5) is 10.9. The molecule has 0 spiro atoms. The van der Waals surface area contributed by atoms with E-state index in [1.54, 1.807) is 6.92 Å². The Balaban J connectivity index is 2.78. The van der Waals surface area contributed by atoms with E-state index in [-0.39, 0.29) is 6.04 Å². The number of amides is 2. The van der Waals surface area contributed by atoms with E-state index in [2.05, 4.69) is 10.5 Å². The van der Waals surface area contributed by atoms with Crippen molar-refractivity contribution in [2.45, 2.75) is 26.8 Å². The van der Waals surface area contributed by atoms with Gasteiger partial charge in [-0.3, -0.25) is 5.43 Å². The van der Waals surface area contributed by atoms with Crippen molar-refractivity contribution in [1.82, 2.24) is 15.9 Å². The zero-order chi connectivity index (χ0) is 10.7. The van der Waals surface area contributed by atoms with Crippen LogP contribution in [-0.2, 0) is 0 Å². The topological polar surface area (TPSA) is 93.2 Å². The molecule has 0 aliphatic rings. The zero-order valence-electron chi connectivity index (χ0n) is 8.42. The molecule has 14 heavy (non-hydrogen) atoms. The van der Waals surface area contributed by atoms with Gasteiger partial charge in [-0.05, 0) is 20.8 Å². The molecule has 0 radical (unpaired) electrons. The number of nitrogens with two attached hydrogens (primary N) is 1. The van der Waals surface area contributed by atoms with Crippen molar-refractivity contribution in [3.05, 3.63) is 17.0 Å². The molecular weight excluding hydrogens is 184 g/mol. The quantitative estimate of drug-likeness (QED) is 0.367. The third kappa shape index (κ3) is 2.02. The summed E-state index contributed by atoms with van der Waals surface area (Å²) in [5.74, 6) is 5.65. The van der Waals surface area contributed by atoms with Gasteiger partial charge in [0.05, 0.1) is 11.7 Å². The van der Waals surface area contributed by atoms with E-state index in [4.69, 9.17) is 10.4 Å². The lowest BCUT2D eigenvalue weighted by Gasteiger charge is -2.12. The summed E-state index contributed by atoms with van der Waals surface area (Å²) in [6.07, 6.45) is 0. The maximum atomic E-state index is 10.9. The first-order valence-electron chi connectivity index (χ1n) is 4.26. The number of carbonyl (C=O) groups excluding carboxylic acids is 1. The Kier molecular flexibility index (Phi) is 3.08. The number of aryl methyl sites for hydroxylation is 2. The van der Waals surface area contributed by atoms with Gasteiger partial charge >= 0.3 is 6.03 Å². The molecule has 2 amide bonds. The van der Waals surface area contributed by atoms with Gasteiger partial charge in [-0.25, -0.2) is 10.6 Å². The molecular formula is C8H14N4O2. The van der Waals surface area contributed by atoms with Gasteiger partial charge in [0.25, 0.3) is 0 Å². The van der Waals surface area contributed by atoms with Crippen LogP contribution >= 0.6 is 0 Å². The number of urea groups is 1. The second-order valence-electron chi connectivity index (χ2n) is 3.08. The molecule has 0 fully saturated rings. The highest BCUT2D eigenvalue weighted by molar-refractivity contribution is 5.73. The van der Waals surface area contributed by atoms with Crippen molar-refractivity contribution in [3.8, 4) is 0 Å². The number of carbonyl (C=O) groups is 1. The number of nitrogens with one attached hydrogen (secondary N) is 2. The maximum absolute atomic E-state index is 10.9. The highest BCUT2D eigenvalue weighted by Gasteiger charge is 2.17. The van der Waals surface area contributed by atoms with Gasteiger partial charge in [0.1, 0.15) is 5.76 Å². The SMILES string of the molecule is Cc1noc(C)c1C(C)NC(=O)NN. The molecule has 1 aromatic rings. The molecule has 0 saturated carbocycles. The van der Waals surface area contributed by atoms with Crippen LogP contribution in [0.4, 0.5) is 4.79 Å². The second kappa shape index (κ2) is 4.10. The average Bonchev–Trinajstić information content (AvgIpc) is 2.46. The van der Waals surface area contributed by atoms with Crippen LogP contribution in [0.15, 0.2) is 4.52 Å². The molecule has 6 heteroatoms. The van der Waals surface area contributed by atoms with E-state index in [1.807, 2.05) is 19.3 Å². The number of nitrogens with zero attached hydrogens (tertiary/aromatic N) is 1. The fraction of sp³-hybridized carbons (Fsp3) is 0.500. The zero-order valence-corrected chi connectivity index (χ0v) is 8.42. The predicted molar refractivity (Wildman–Crippen MR) is 50.2 cm³/mol. The third-order valence-corrected chi connectivity index (χ3v) is 2.00. The summed E-state index contributed by atoms with van der Waals surface area (Å²) in [6.45, 7) is 5.46. The third-order valence-electron chi connectivity index (χ3n) is 2.00. The van der Waals surface area contributed by atoms with Crippen LogP contribution in [0.1, 0.15) is 30.0 Å². The van der Waals surface area contributed by atoms with E-state index in [1.165, 1.54) is 0 Å². The van der Waals surface area contributed by atoms with Crippen LogP contribution in [0, 0.1) is 13.8 Å². The summed E-state index contributed by atoms with van der Waals surface area (Å²) in [5, 5.41) is 6.43. The smallest absolute Gasteiger partial charge is 0.329 e. The minimum absolute atomic E-state index is 0.176. The summed E-state index contributed by atoms with van der Waals surface area (Å²) in [7, 11) is 0. The molecule has 0 aliphatic heterocycles. The molecule has 1 atom stereocenters. The van der Waals surface area contributed by atoms with E-state index in [0.717, 1.165) is 11.3 Å². The predicted octanol–water partition coefficient (Wildman–Crippen LogP) is 0.525. The summed E-state index contributed by atoms with van der Waals surface area (Å²) < 4.78 is 4.98. The molecule has 6 nitrogen and oxygen atoms in total. The van der Waals surface area contributed by atoms with Crippen molar-refractivity contribution >= 4 is 6.03 Å². The van der Waals surface area contributed by atoms with Crippen LogP contribution in [0.2, 0.25) is 0 Å². The molecule has 4 N–H and O–H groups in total. The lowest BCUT2D eigenvalue weighted by molar-refractivity contribution is 0.238. The number of hydrogen-bond donors (Lipinski definition) is 3. The molecule has 1 unspecified atom stereocenters. The van der Waals surface area contributed by atoms with E-state index in [9.17, 15) is 4.79 Å². The Labute approximate surface area is 81.8 Å². The first-order valence-corrected chi connectivity index (χ1v) is 4.26. The summed E-state index contributed by atoms with van der Waals surface area (Å²) in [5.41, 5.74) is 3.65. The minimum atomic E-state index is -0.433. The highest BCUT2D eigenvalue weighted by Crippen LogP contribution is 2.20. The van der Waals surface area contributed by atoms with Gasteiger partial charge in [-0.2, -0.15) is 0 Å². The lowest BCUT2D eigenvalue weighted by Crippen LogP contribution is -2.41. The molecule has 1 rings (SSSR count). The first kappa shape index (κ1) is 10.5. The minimum Gasteiger partial charge on any atom is -0.361 e. The average molecular weight is 198 g/mol. The number of hydrazine groups is 1. The van der Waals surface area contributed by atoms with E-state index in [0.29, 0.717) is 5.76 Å². The van der Waals surface area contributed by atoms with Crippen LogP contribution in [-0.4, -0.2) is 11.2 Å². The van der Waals surface area contributed by atoms with E-state index < -0.39 is 6.03 Å². The second-order valence-corrected chi connectivity index (χ2v) is 3.08. The van der Waals surface area contributed by atoms with Gasteiger partial charge < -0.3 is 9.84 Å². The molecule has 1 aromatic heterocycles. The van der Waals surface area contributed by atoms with Crippen LogP contribution in [0.3, 0.4) is 0 Å². The van der Waals surface area contributed by atoms with Gasteiger partial charge in [0, 0.05) is 5.56 Å². The van der Waals surface area contributed by atoms with Crippen molar-refractivity contribution in [1.29, 1.82) is 0 Å². The fourth-order valence-electron chi connectivity index (χ4n) is 1.42. The normalized spacial score (nSPS) is 12.3. The van der Waals surface area contributed by atoms with Gasteiger partial charge in [0.15, 0.2) is 0 Å². The highest BCUT2D eigenvalue weighted by atomic mass is 16.5. The number of aromatic nitrogens is 1. The lowest BCUT2D eigenvalue weighted by atomic mass is 10.1. The molecule has 1 heterocycles. The Morgan fingerprint density at radius 3 is 2.64 bits per heavy atom. The Hall–Kier alpha value is -1.56. The molecule has 0 saturated heterocycles. The molecule has 0 aromatic carbocycles. The number of hydrogen-bond acceptors (Lipinski definition) is 4. The Morgan fingerprint density at radius 2 is 2.21 bits per heavy atom. The van der Waals surface area contributed by atoms with Crippen molar-refractivity contribution in [2.75, 3.05) is 0 Å². The van der Waals surface area contributed by atoms with E-state index >= 15 is 0 Å². The van der Waals surface area contributed by atoms with Crippen LogP contribution in [0.25, 0.3) is 0 Å². The maximum Gasteiger partial charge on any atom is 0.329 e. The molecule has 0 aliphatic carbocycles. The monoisotopic (exact) mass is 198 g/mol. The van der Waals surface area contributed by atoms with Crippen molar-refractivity contribution in [3.63, 3.8) is 0 Å². The molecule has 0 bridgehead atoms. The largest absolute Gasteiger partial charge is 0.361 e. The van der Waals surface area contributed by atoms with Crippen molar-refractivity contribution < 1.29 is 9.32 Å². The van der Waals surface area contributed by atoms with Gasteiger partial charge in [0.2, 0.25) is 0 Å². The van der Waals surface area contributed by atoms with Crippen molar-refractivity contribution in [2.24, 2.45) is 5.84 Å². The first-order chi connectivity index (χ1) is 6.56. The summed E-state index contributed by atoms with van der Waals surface area (Å²) in [6, 6.07) is -0.609. The summed E-state index contributed by atoms with van der Waals surface area (Å²) >= 11 is 0. The van der Waals surface area contributed by atoms with Crippen LogP contribution in [0.5, 0.6) is 0 Å². The number of rotatable bonds is 2. The standard InChI is InChI=1S/C8H14N4O2/c1-4(10-8(13)11-9)7-5(2)12-14-6(7)3/h4H,9H2,1-3H3,(H2,10,11,13).